The first-order chi connectivity index (χ1) is 8.97. The van der Waals surface area contributed by atoms with Gasteiger partial charge in [-0.3, -0.25) is 4.68 Å². The molecule has 2 rings (SSSR count). The van der Waals surface area contributed by atoms with Crippen LogP contribution in [0.1, 0.15) is 37.2 Å². The zero-order valence-electron chi connectivity index (χ0n) is 11.0. The van der Waals surface area contributed by atoms with E-state index in [0.29, 0.717) is 6.04 Å². The van der Waals surface area contributed by atoms with Crippen LogP contribution in [-0.4, -0.2) is 9.78 Å². The maximum absolute atomic E-state index is 6.30. The second-order valence-electron chi connectivity index (χ2n) is 4.86. The highest BCUT2D eigenvalue weighted by Crippen LogP contribution is 2.26. The molecule has 0 spiro atoms. The lowest BCUT2D eigenvalue weighted by atomic mass is 10.0. The number of aromatic nitrogens is 2. The van der Waals surface area contributed by atoms with E-state index in [9.17, 15) is 0 Å². The summed E-state index contributed by atoms with van der Waals surface area (Å²) in [6.45, 7) is 4.24. The highest BCUT2D eigenvalue weighted by Gasteiger charge is 2.13. The van der Waals surface area contributed by atoms with E-state index in [1.807, 2.05) is 23.0 Å². The molecule has 0 aliphatic heterocycles. The molecule has 0 radical (unpaired) electrons. The second-order valence-corrected chi connectivity index (χ2v) is 6.96. The summed E-state index contributed by atoms with van der Waals surface area (Å²) >= 11 is 5.87. The van der Waals surface area contributed by atoms with Crippen molar-refractivity contribution in [3.8, 4) is 0 Å². The molecule has 0 aliphatic carbocycles. The molecule has 19 heavy (non-hydrogen) atoms. The van der Waals surface area contributed by atoms with Crippen LogP contribution in [-0.2, 0) is 6.42 Å². The van der Waals surface area contributed by atoms with Crippen LogP contribution in [0, 0.1) is 3.57 Å². The van der Waals surface area contributed by atoms with Crippen molar-refractivity contribution in [2.75, 3.05) is 0 Å². The van der Waals surface area contributed by atoms with Gasteiger partial charge in [0.2, 0.25) is 0 Å². The van der Waals surface area contributed by atoms with Crippen molar-refractivity contribution in [2.24, 2.45) is 5.73 Å². The highest BCUT2D eigenvalue weighted by molar-refractivity contribution is 14.1. The maximum atomic E-state index is 6.30. The van der Waals surface area contributed by atoms with Gasteiger partial charge in [0.1, 0.15) is 0 Å². The van der Waals surface area contributed by atoms with Crippen molar-refractivity contribution in [1.29, 1.82) is 0 Å². The van der Waals surface area contributed by atoms with Crippen LogP contribution in [0.25, 0.3) is 0 Å². The van der Waals surface area contributed by atoms with Crippen LogP contribution < -0.4 is 5.73 Å². The van der Waals surface area contributed by atoms with Gasteiger partial charge in [0.15, 0.2) is 0 Å². The molecule has 0 saturated carbocycles. The topological polar surface area (TPSA) is 43.8 Å². The van der Waals surface area contributed by atoms with E-state index in [2.05, 4.69) is 69.6 Å². The van der Waals surface area contributed by atoms with Crippen molar-refractivity contribution in [1.82, 2.24) is 9.78 Å². The molecule has 3 nitrogen and oxygen atoms in total. The molecule has 1 aromatic carbocycles. The molecule has 0 amide bonds. The molecule has 2 N–H and O–H groups in total. The average molecular weight is 434 g/mol. The van der Waals surface area contributed by atoms with E-state index < -0.39 is 0 Å². The Bertz CT molecular complexity index is 566. The summed E-state index contributed by atoms with van der Waals surface area (Å²) in [4.78, 5) is 0. The van der Waals surface area contributed by atoms with Crippen LogP contribution in [0.5, 0.6) is 0 Å². The van der Waals surface area contributed by atoms with Gasteiger partial charge >= 0.3 is 0 Å². The number of hydrogen-bond donors (Lipinski definition) is 1. The predicted molar refractivity (Wildman–Crippen MR) is 90.1 cm³/mol. The zero-order valence-corrected chi connectivity index (χ0v) is 14.7. The summed E-state index contributed by atoms with van der Waals surface area (Å²) < 4.78 is 4.22. The van der Waals surface area contributed by atoms with E-state index in [4.69, 9.17) is 5.73 Å². The largest absolute Gasteiger partial charge is 0.324 e. The van der Waals surface area contributed by atoms with Crippen molar-refractivity contribution in [2.45, 2.75) is 32.4 Å². The zero-order chi connectivity index (χ0) is 14.0. The fraction of sp³-hybridized carbons (Fsp3) is 0.357. The first-order valence-corrected chi connectivity index (χ1v) is 8.09. The summed E-state index contributed by atoms with van der Waals surface area (Å²) in [6, 6.07) is 8.61. The minimum absolute atomic E-state index is 0.0420. The van der Waals surface area contributed by atoms with Crippen molar-refractivity contribution < 1.29 is 0 Å². The number of nitrogens with two attached hydrogens (primary N) is 1. The molecule has 5 heteroatoms. The van der Waals surface area contributed by atoms with Gasteiger partial charge in [0.25, 0.3) is 0 Å². The quantitative estimate of drug-likeness (QED) is 0.738. The Morgan fingerprint density at radius 2 is 2.11 bits per heavy atom. The number of rotatable bonds is 4. The number of nitrogens with zero attached hydrogens (tertiary/aromatic N) is 2. The van der Waals surface area contributed by atoms with Crippen LogP contribution in [0.3, 0.4) is 0 Å². The summed E-state index contributed by atoms with van der Waals surface area (Å²) in [7, 11) is 0. The lowest BCUT2D eigenvalue weighted by Crippen LogP contribution is -2.15. The van der Waals surface area contributed by atoms with Gasteiger partial charge < -0.3 is 5.73 Å². The fourth-order valence-electron chi connectivity index (χ4n) is 1.91. The van der Waals surface area contributed by atoms with Crippen LogP contribution in [0.15, 0.2) is 34.9 Å². The third kappa shape index (κ3) is 3.79. The van der Waals surface area contributed by atoms with Gasteiger partial charge in [-0.1, -0.05) is 15.9 Å². The Labute approximate surface area is 135 Å². The first kappa shape index (κ1) is 15.0. The third-order valence-corrected chi connectivity index (χ3v) is 4.37. The van der Waals surface area contributed by atoms with Gasteiger partial charge in [-0.05, 0) is 66.3 Å². The molecule has 102 valence electrons. The normalized spacial score (nSPS) is 12.9. The number of hydrogen-bond acceptors (Lipinski definition) is 2. The molecule has 1 atom stereocenters. The molecular weight excluding hydrogens is 417 g/mol. The SMILES string of the molecule is CC(C)n1ccc(CC(N)c2cc(I)ccc2Br)n1. The molecule has 0 saturated heterocycles. The maximum Gasteiger partial charge on any atom is 0.0643 e. The molecule has 0 aliphatic rings. The van der Waals surface area contributed by atoms with Gasteiger partial charge in [0.05, 0.1) is 5.69 Å². The third-order valence-electron chi connectivity index (χ3n) is 2.98. The minimum Gasteiger partial charge on any atom is -0.324 e. The molecule has 1 unspecified atom stereocenters. The second kappa shape index (κ2) is 6.37. The summed E-state index contributed by atoms with van der Waals surface area (Å²) in [5.41, 5.74) is 8.46. The van der Waals surface area contributed by atoms with E-state index in [0.717, 1.165) is 22.2 Å². The van der Waals surface area contributed by atoms with E-state index in [1.54, 1.807) is 0 Å². The smallest absolute Gasteiger partial charge is 0.0643 e. The van der Waals surface area contributed by atoms with Gasteiger partial charge in [-0.25, -0.2) is 0 Å². The Balaban J connectivity index is 2.15. The Morgan fingerprint density at radius 1 is 1.37 bits per heavy atom. The minimum atomic E-state index is -0.0420. The van der Waals surface area contributed by atoms with Crippen molar-refractivity contribution in [3.63, 3.8) is 0 Å². The monoisotopic (exact) mass is 433 g/mol. The molecule has 0 fully saturated rings. The summed E-state index contributed by atoms with van der Waals surface area (Å²) in [5, 5.41) is 4.55. The number of benzene rings is 1. The molecule has 2 aromatic rings. The number of halogens is 2. The van der Waals surface area contributed by atoms with Crippen molar-refractivity contribution >= 4 is 38.5 Å². The lowest BCUT2D eigenvalue weighted by Gasteiger charge is -2.13. The Morgan fingerprint density at radius 3 is 2.74 bits per heavy atom. The van der Waals surface area contributed by atoms with E-state index in [-0.39, 0.29) is 6.04 Å². The molecular formula is C14H17BrIN3. The summed E-state index contributed by atoms with van der Waals surface area (Å²) in [5.74, 6) is 0. The standard InChI is InChI=1S/C14H17BrIN3/c1-9(2)19-6-5-11(18-19)8-14(17)12-7-10(16)3-4-13(12)15/h3-7,9,14H,8,17H2,1-2H3. The molecule has 0 bridgehead atoms. The van der Waals surface area contributed by atoms with Crippen LogP contribution in [0.2, 0.25) is 0 Å². The molecule has 1 heterocycles. The van der Waals surface area contributed by atoms with Crippen LogP contribution in [0.4, 0.5) is 0 Å². The lowest BCUT2D eigenvalue weighted by molar-refractivity contribution is 0.522. The van der Waals surface area contributed by atoms with Crippen molar-refractivity contribution in [3.05, 3.63) is 49.8 Å². The van der Waals surface area contributed by atoms with E-state index in [1.165, 1.54) is 3.57 Å². The van der Waals surface area contributed by atoms with Gasteiger partial charge in [0, 0.05) is 32.7 Å². The summed E-state index contributed by atoms with van der Waals surface area (Å²) in [6.07, 6.45) is 2.76. The molecule has 1 aromatic heterocycles. The fourth-order valence-corrected chi connectivity index (χ4v) is 2.96. The van der Waals surface area contributed by atoms with Gasteiger partial charge in [-0.2, -0.15) is 5.10 Å². The van der Waals surface area contributed by atoms with Crippen LogP contribution >= 0.6 is 38.5 Å². The average Bonchev–Trinajstić information content (AvgIpc) is 2.80. The predicted octanol–water partition coefficient (Wildman–Crippen LogP) is 4.07. The first-order valence-electron chi connectivity index (χ1n) is 6.22. The Kier molecular flexibility index (Phi) is 5.03. The van der Waals surface area contributed by atoms with Gasteiger partial charge in [-0.15, -0.1) is 0 Å². The highest BCUT2D eigenvalue weighted by atomic mass is 127. The Hall–Kier alpha value is -0.400. The van der Waals surface area contributed by atoms with E-state index >= 15 is 0 Å².